The number of urea groups is 1. The molecule has 3 amide bonds. The largest absolute Gasteiger partial charge is 0.479 e. The first kappa shape index (κ1) is 15.2. The first-order valence-corrected chi connectivity index (χ1v) is 5.00. The molecule has 0 spiro atoms. The Balaban J connectivity index is 4.33. The summed E-state index contributed by atoms with van der Waals surface area (Å²) in [4.78, 5) is 32.5. The number of hydrogen-bond donors (Lipinski definition) is 5. The molecule has 0 aliphatic carbocycles. The van der Waals surface area contributed by atoms with Crippen LogP contribution in [0.2, 0.25) is 0 Å². The molecule has 17 heavy (non-hydrogen) atoms. The number of nitrogens with two attached hydrogens (primary N) is 1. The fourth-order valence-corrected chi connectivity index (χ4v) is 1.08. The number of nitrogens with one attached hydrogen (secondary N) is 2. The summed E-state index contributed by atoms with van der Waals surface area (Å²) in [7, 11) is 0. The normalized spacial score (nSPS) is 13.9. The Hall–Kier alpha value is -1.83. The molecule has 0 radical (unpaired) electrons. The lowest BCUT2D eigenvalue weighted by Gasteiger charge is -2.20. The number of aliphatic hydroxyl groups excluding tert-OH is 1. The van der Waals surface area contributed by atoms with Crippen molar-refractivity contribution < 1.29 is 24.6 Å². The summed E-state index contributed by atoms with van der Waals surface area (Å²) in [6.07, 6.45) is -1.68. The van der Waals surface area contributed by atoms with E-state index in [-0.39, 0.29) is 5.92 Å². The number of amides is 3. The van der Waals surface area contributed by atoms with Gasteiger partial charge in [-0.3, -0.25) is 4.79 Å². The van der Waals surface area contributed by atoms with Gasteiger partial charge in [-0.1, -0.05) is 13.8 Å². The maximum Gasteiger partial charge on any atom is 0.334 e. The highest BCUT2D eigenvalue weighted by Crippen LogP contribution is 2.01. The molecule has 8 heteroatoms. The quantitative estimate of drug-likeness (QED) is 0.378. The average molecular weight is 247 g/mol. The van der Waals surface area contributed by atoms with Crippen molar-refractivity contribution >= 4 is 17.9 Å². The summed E-state index contributed by atoms with van der Waals surface area (Å²) in [6.45, 7) is 2.94. The molecule has 0 aromatic carbocycles. The van der Waals surface area contributed by atoms with Crippen LogP contribution in [0.3, 0.4) is 0 Å². The van der Waals surface area contributed by atoms with Crippen LogP contribution < -0.4 is 16.4 Å². The van der Waals surface area contributed by atoms with E-state index in [0.29, 0.717) is 0 Å². The molecule has 8 nitrogen and oxygen atoms in total. The predicted octanol–water partition coefficient (Wildman–Crippen LogP) is -1.76. The molecule has 0 bridgehead atoms. The van der Waals surface area contributed by atoms with Crippen LogP contribution in [0.1, 0.15) is 13.8 Å². The number of carboxylic acid groups (broad SMARTS) is 1. The van der Waals surface area contributed by atoms with E-state index in [9.17, 15) is 14.4 Å². The molecule has 0 aliphatic rings. The van der Waals surface area contributed by atoms with Gasteiger partial charge in [-0.25, -0.2) is 9.59 Å². The van der Waals surface area contributed by atoms with Crippen molar-refractivity contribution in [1.29, 1.82) is 0 Å². The van der Waals surface area contributed by atoms with Gasteiger partial charge in [0.25, 0.3) is 0 Å². The average Bonchev–Trinajstić information content (AvgIpc) is 2.21. The minimum atomic E-state index is -1.68. The van der Waals surface area contributed by atoms with Crippen LogP contribution in [-0.2, 0) is 9.59 Å². The van der Waals surface area contributed by atoms with Gasteiger partial charge in [-0.05, 0) is 5.92 Å². The summed E-state index contributed by atoms with van der Waals surface area (Å²) in [5.74, 6) is -2.25. The maximum absolute atomic E-state index is 11.6. The van der Waals surface area contributed by atoms with Crippen LogP contribution in [0, 0.1) is 5.92 Å². The first-order valence-electron chi connectivity index (χ1n) is 5.00. The van der Waals surface area contributed by atoms with Crippen LogP contribution in [0.5, 0.6) is 0 Å². The highest BCUT2D eigenvalue weighted by Gasteiger charge is 2.24. The number of carboxylic acids is 1. The summed E-state index contributed by atoms with van der Waals surface area (Å²) >= 11 is 0. The van der Waals surface area contributed by atoms with Gasteiger partial charge in [-0.15, -0.1) is 0 Å². The van der Waals surface area contributed by atoms with E-state index >= 15 is 0 Å². The summed E-state index contributed by atoms with van der Waals surface area (Å²) in [5, 5.41) is 21.8. The zero-order valence-electron chi connectivity index (χ0n) is 9.64. The highest BCUT2D eigenvalue weighted by atomic mass is 16.4. The fourth-order valence-electron chi connectivity index (χ4n) is 1.08. The van der Waals surface area contributed by atoms with Crippen LogP contribution in [0.15, 0.2) is 0 Å². The van der Waals surface area contributed by atoms with Gasteiger partial charge in [0.05, 0.1) is 6.54 Å². The number of aliphatic hydroxyl groups is 1. The van der Waals surface area contributed by atoms with E-state index in [1.54, 1.807) is 13.8 Å². The smallest absolute Gasteiger partial charge is 0.334 e. The molecule has 2 unspecified atom stereocenters. The van der Waals surface area contributed by atoms with Crippen molar-refractivity contribution in [2.75, 3.05) is 6.54 Å². The Morgan fingerprint density at radius 3 is 2.18 bits per heavy atom. The molecular weight excluding hydrogens is 230 g/mol. The topological polar surface area (TPSA) is 142 Å². The predicted molar refractivity (Wildman–Crippen MR) is 58.0 cm³/mol. The number of primary amides is 1. The zero-order chi connectivity index (χ0) is 13.6. The van der Waals surface area contributed by atoms with Crippen LogP contribution in [0.25, 0.3) is 0 Å². The van der Waals surface area contributed by atoms with Crippen molar-refractivity contribution in [2.45, 2.75) is 26.0 Å². The first-order chi connectivity index (χ1) is 7.75. The Morgan fingerprint density at radius 2 is 1.82 bits per heavy atom. The van der Waals surface area contributed by atoms with Gasteiger partial charge in [0.1, 0.15) is 6.04 Å². The second kappa shape index (κ2) is 6.69. The van der Waals surface area contributed by atoms with E-state index in [1.807, 2.05) is 0 Å². The van der Waals surface area contributed by atoms with E-state index in [4.69, 9.17) is 15.9 Å². The summed E-state index contributed by atoms with van der Waals surface area (Å²) in [6, 6.07) is -1.72. The maximum atomic E-state index is 11.6. The van der Waals surface area contributed by atoms with Crippen molar-refractivity contribution in [3.8, 4) is 0 Å². The molecule has 0 heterocycles. The van der Waals surface area contributed by atoms with Gasteiger partial charge >= 0.3 is 12.0 Å². The Kier molecular flexibility index (Phi) is 5.97. The van der Waals surface area contributed by atoms with Crippen molar-refractivity contribution in [3.63, 3.8) is 0 Å². The SMILES string of the molecule is CC(C)C(NC(N)=O)C(=O)NCC(O)C(=O)O. The number of hydrogen-bond acceptors (Lipinski definition) is 4. The molecular formula is C9H17N3O5. The van der Waals surface area contributed by atoms with Crippen molar-refractivity contribution in [1.82, 2.24) is 10.6 Å². The molecule has 0 aromatic rings. The monoisotopic (exact) mass is 247 g/mol. The van der Waals surface area contributed by atoms with Crippen LogP contribution in [0.4, 0.5) is 4.79 Å². The Labute approximate surface area is 98.2 Å². The molecule has 0 fully saturated rings. The van der Waals surface area contributed by atoms with Crippen molar-refractivity contribution in [3.05, 3.63) is 0 Å². The molecule has 0 saturated heterocycles. The molecule has 0 aromatic heterocycles. The summed E-state index contributed by atoms with van der Waals surface area (Å²) < 4.78 is 0. The van der Waals surface area contributed by atoms with E-state index in [0.717, 1.165) is 0 Å². The molecule has 0 saturated carbocycles. The lowest BCUT2D eigenvalue weighted by Crippen LogP contribution is -2.52. The summed E-state index contributed by atoms with van der Waals surface area (Å²) in [5.41, 5.74) is 4.90. The zero-order valence-corrected chi connectivity index (χ0v) is 9.64. The third kappa shape index (κ3) is 5.71. The number of carbonyl (C=O) groups is 3. The molecule has 0 rings (SSSR count). The third-order valence-electron chi connectivity index (χ3n) is 2.00. The molecule has 98 valence electrons. The van der Waals surface area contributed by atoms with E-state index < -0.39 is 36.6 Å². The van der Waals surface area contributed by atoms with Gasteiger partial charge in [0.15, 0.2) is 6.10 Å². The lowest BCUT2D eigenvalue weighted by molar-refractivity contribution is -0.146. The van der Waals surface area contributed by atoms with Gasteiger partial charge in [0, 0.05) is 0 Å². The number of carbonyl (C=O) groups excluding carboxylic acids is 2. The van der Waals surface area contributed by atoms with Crippen LogP contribution in [-0.4, -0.2) is 46.8 Å². The van der Waals surface area contributed by atoms with Crippen LogP contribution >= 0.6 is 0 Å². The second-order valence-electron chi connectivity index (χ2n) is 3.83. The van der Waals surface area contributed by atoms with E-state index in [1.165, 1.54) is 0 Å². The Morgan fingerprint density at radius 1 is 1.29 bits per heavy atom. The minimum Gasteiger partial charge on any atom is -0.479 e. The van der Waals surface area contributed by atoms with Gasteiger partial charge in [0.2, 0.25) is 5.91 Å². The van der Waals surface area contributed by atoms with E-state index in [2.05, 4.69) is 10.6 Å². The highest BCUT2D eigenvalue weighted by molar-refractivity contribution is 5.87. The lowest BCUT2D eigenvalue weighted by atomic mass is 10.0. The van der Waals surface area contributed by atoms with Crippen molar-refractivity contribution in [2.24, 2.45) is 11.7 Å². The minimum absolute atomic E-state index is 0.218. The third-order valence-corrected chi connectivity index (χ3v) is 2.00. The second-order valence-corrected chi connectivity index (χ2v) is 3.83. The molecule has 0 aliphatic heterocycles. The number of rotatable bonds is 6. The fraction of sp³-hybridized carbons (Fsp3) is 0.667. The van der Waals surface area contributed by atoms with Gasteiger partial charge in [-0.2, -0.15) is 0 Å². The molecule has 2 atom stereocenters. The molecule has 6 N–H and O–H groups in total. The van der Waals surface area contributed by atoms with Gasteiger partial charge < -0.3 is 26.6 Å². The number of aliphatic carboxylic acids is 1. The standard InChI is InChI=1S/C9H17N3O5/c1-4(2)6(12-9(10)17)7(14)11-3-5(13)8(15)16/h4-6,13H,3H2,1-2H3,(H,11,14)(H,15,16)(H3,10,12,17). The Bertz CT molecular complexity index is 305.